The first-order chi connectivity index (χ1) is 12.5. The Morgan fingerprint density at radius 3 is 1.65 bits per heavy atom. The van der Waals surface area contributed by atoms with Gasteiger partial charge in [-0.2, -0.15) is 0 Å². The van der Waals surface area contributed by atoms with Crippen LogP contribution in [0.4, 0.5) is 0 Å². The van der Waals surface area contributed by atoms with Gasteiger partial charge >= 0.3 is 0 Å². The Bertz CT molecular complexity index is 733. The molecule has 5 N–H and O–H groups in total. The lowest BCUT2D eigenvalue weighted by Gasteiger charge is -2.21. The van der Waals surface area contributed by atoms with Gasteiger partial charge in [0.25, 0.3) is 0 Å². The molecule has 0 aliphatic heterocycles. The molecule has 5 nitrogen and oxygen atoms in total. The van der Waals surface area contributed by atoms with Crippen LogP contribution in [0, 0.1) is 11.8 Å². The lowest BCUT2D eigenvalue weighted by Crippen LogP contribution is -2.32. The number of nitrogens with zero attached hydrogens (tertiary/aromatic N) is 2. The Balaban J connectivity index is 1.54. The lowest BCUT2D eigenvalue weighted by atomic mass is 9.90. The normalized spacial score (nSPS) is 33.7. The van der Waals surface area contributed by atoms with Gasteiger partial charge in [-0.3, -0.25) is 9.97 Å². The van der Waals surface area contributed by atoms with Gasteiger partial charge in [-0.25, -0.2) is 0 Å². The monoisotopic (exact) mass is 392 g/mol. The van der Waals surface area contributed by atoms with E-state index in [1.165, 1.54) is 0 Å². The summed E-state index contributed by atoms with van der Waals surface area (Å²) in [5, 5.41) is 12.3. The fraction of sp³-hybridized carbons (Fsp3) is 0.474. The number of aliphatic hydroxyl groups is 1. The third-order valence-corrected chi connectivity index (χ3v) is 6.74. The number of nitrogens with two attached hydrogens (primary N) is 2. The van der Waals surface area contributed by atoms with Crippen LogP contribution in [-0.2, 0) is 10.8 Å². The van der Waals surface area contributed by atoms with Crippen LogP contribution in [0.3, 0.4) is 0 Å². The highest BCUT2D eigenvalue weighted by atomic mass is 35.5. The summed E-state index contributed by atoms with van der Waals surface area (Å²) in [5.74, 6) is 0.152. The summed E-state index contributed by atoms with van der Waals surface area (Å²) in [7, 11) is 0. The van der Waals surface area contributed by atoms with Crippen molar-refractivity contribution in [3.05, 3.63) is 58.1 Å². The van der Waals surface area contributed by atoms with Gasteiger partial charge in [0.1, 0.15) is 0 Å². The summed E-state index contributed by atoms with van der Waals surface area (Å²) >= 11 is 11.9. The van der Waals surface area contributed by atoms with E-state index in [4.69, 9.17) is 34.7 Å². The van der Waals surface area contributed by atoms with Crippen molar-refractivity contribution >= 4 is 23.2 Å². The van der Waals surface area contributed by atoms with Crippen LogP contribution in [0.2, 0.25) is 10.0 Å². The molecule has 0 bridgehead atoms. The maximum Gasteiger partial charge on any atom is 0.0616 e. The summed E-state index contributed by atoms with van der Waals surface area (Å²) < 4.78 is 0. The number of aliphatic hydroxyl groups excluding tert-OH is 1. The van der Waals surface area contributed by atoms with Gasteiger partial charge in [-0.15, -0.1) is 0 Å². The average Bonchev–Trinajstić information content (AvgIpc) is 3.56. The molecule has 4 atom stereocenters. The summed E-state index contributed by atoms with van der Waals surface area (Å²) in [5.41, 5.74) is 13.4. The van der Waals surface area contributed by atoms with E-state index in [1.54, 1.807) is 12.4 Å². The van der Waals surface area contributed by atoms with Crippen molar-refractivity contribution in [2.24, 2.45) is 23.3 Å². The van der Waals surface area contributed by atoms with Crippen LogP contribution in [0.25, 0.3) is 0 Å². The Kier molecular flexibility index (Phi) is 4.48. The zero-order valence-corrected chi connectivity index (χ0v) is 15.8. The molecule has 2 heterocycles. The standard InChI is InChI=1S/C19H22Cl2N4O/c20-11-1-3-15(24-7-11)18(9-22)5-13(18)17(26)14-6-19(14,10-23)16-4-2-12(21)8-25-16/h1-4,7-8,13-14,17,26H,5-6,9-10,22-23H2. The predicted molar refractivity (Wildman–Crippen MR) is 102 cm³/mol. The minimum absolute atomic E-state index is 0.0758. The molecule has 0 saturated heterocycles. The molecule has 26 heavy (non-hydrogen) atoms. The van der Waals surface area contributed by atoms with Gasteiger partial charge in [0.15, 0.2) is 0 Å². The maximum absolute atomic E-state index is 11.1. The smallest absolute Gasteiger partial charge is 0.0616 e. The summed E-state index contributed by atoms with van der Waals surface area (Å²) in [6, 6.07) is 7.46. The molecule has 0 amide bonds. The largest absolute Gasteiger partial charge is 0.392 e. The van der Waals surface area contributed by atoms with E-state index in [9.17, 15) is 5.11 Å². The molecule has 2 aliphatic rings. The van der Waals surface area contributed by atoms with E-state index in [1.807, 2.05) is 24.3 Å². The molecule has 0 spiro atoms. The number of halogens is 2. The van der Waals surface area contributed by atoms with Crippen LogP contribution >= 0.6 is 23.2 Å². The quantitative estimate of drug-likeness (QED) is 0.700. The van der Waals surface area contributed by atoms with E-state index in [0.717, 1.165) is 24.2 Å². The highest BCUT2D eigenvalue weighted by Gasteiger charge is 2.67. The fourth-order valence-electron chi connectivity index (χ4n) is 4.45. The van der Waals surface area contributed by atoms with Crippen LogP contribution in [0.1, 0.15) is 24.2 Å². The Hall–Kier alpha value is -1.24. The van der Waals surface area contributed by atoms with Gasteiger partial charge in [0, 0.05) is 47.7 Å². The second-order valence-corrected chi connectivity index (χ2v) is 8.43. The average molecular weight is 393 g/mol. The van der Waals surface area contributed by atoms with E-state index >= 15 is 0 Å². The molecule has 2 aliphatic carbocycles. The molecule has 2 saturated carbocycles. The Morgan fingerprint density at radius 2 is 1.35 bits per heavy atom. The number of hydrogen-bond donors (Lipinski definition) is 3. The summed E-state index contributed by atoms with van der Waals surface area (Å²) in [4.78, 5) is 8.89. The molecule has 4 unspecified atom stereocenters. The molecular weight excluding hydrogens is 371 g/mol. The van der Waals surface area contributed by atoms with Crippen LogP contribution < -0.4 is 11.5 Å². The Morgan fingerprint density at radius 1 is 0.923 bits per heavy atom. The van der Waals surface area contributed by atoms with E-state index < -0.39 is 6.10 Å². The van der Waals surface area contributed by atoms with E-state index in [-0.39, 0.29) is 22.7 Å². The summed E-state index contributed by atoms with van der Waals surface area (Å²) in [6.45, 7) is 0.899. The second kappa shape index (κ2) is 6.43. The summed E-state index contributed by atoms with van der Waals surface area (Å²) in [6.07, 6.45) is 4.43. The zero-order valence-electron chi connectivity index (χ0n) is 14.3. The van der Waals surface area contributed by atoms with Crippen molar-refractivity contribution in [3.63, 3.8) is 0 Å². The number of rotatable bonds is 6. The number of pyridine rings is 2. The molecule has 2 fully saturated rings. The number of aromatic nitrogens is 2. The van der Waals surface area contributed by atoms with Gasteiger partial charge in [0.05, 0.1) is 16.1 Å². The third-order valence-electron chi connectivity index (χ3n) is 6.30. The van der Waals surface area contributed by atoms with Crippen molar-refractivity contribution < 1.29 is 5.11 Å². The third kappa shape index (κ3) is 2.74. The highest BCUT2D eigenvalue weighted by Crippen LogP contribution is 2.63. The first kappa shape index (κ1) is 18.1. The molecule has 138 valence electrons. The van der Waals surface area contributed by atoms with Crippen molar-refractivity contribution in [1.29, 1.82) is 0 Å². The molecule has 4 rings (SSSR count). The molecule has 7 heteroatoms. The predicted octanol–water partition coefficient (Wildman–Crippen LogP) is 2.28. The maximum atomic E-state index is 11.1. The Labute approximate surface area is 162 Å². The highest BCUT2D eigenvalue weighted by molar-refractivity contribution is 6.30. The molecule has 2 aromatic heterocycles. The van der Waals surface area contributed by atoms with Crippen molar-refractivity contribution in [2.75, 3.05) is 13.1 Å². The van der Waals surface area contributed by atoms with Crippen molar-refractivity contribution in [1.82, 2.24) is 9.97 Å². The first-order valence-electron chi connectivity index (χ1n) is 8.79. The minimum atomic E-state index is -0.489. The molecule has 0 radical (unpaired) electrons. The van der Waals surface area contributed by atoms with Crippen LogP contribution in [0.15, 0.2) is 36.7 Å². The topological polar surface area (TPSA) is 98.0 Å². The fourth-order valence-corrected chi connectivity index (χ4v) is 4.67. The molecular formula is C19H22Cl2N4O. The lowest BCUT2D eigenvalue weighted by molar-refractivity contribution is 0.109. The zero-order chi connectivity index (χ0) is 18.5. The number of hydrogen-bond acceptors (Lipinski definition) is 5. The van der Waals surface area contributed by atoms with Crippen LogP contribution in [0.5, 0.6) is 0 Å². The molecule has 2 aromatic rings. The second-order valence-electron chi connectivity index (χ2n) is 7.56. The van der Waals surface area contributed by atoms with Crippen molar-refractivity contribution in [3.8, 4) is 0 Å². The first-order valence-corrected chi connectivity index (χ1v) is 9.55. The molecule has 0 aromatic carbocycles. The van der Waals surface area contributed by atoms with Gasteiger partial charge < -0.3 is 16.6 Å². The van der Waals surface area contributed by atoms with E-state index in [0.29, 0.717) is 23.1 Å². The van der Waals surface area contributed by atoms with Crippen LogP contribution in [-0.4, -0.2) is 34.3 Å². The van der Waals surface area contributed by atoms with Gasteiger partial charge in [-0.05, 0) is 48.9 Å². The minimum Gasteiger partial charge on any atom is -0.392 e. The SMILES string of the molecule is NCC1(c2ccc(Cl)cn2)CC1C(O)C1CC1(CN)c1ccc(Cl)cn1. The van der Waals surface area contributed by atoms with Crippen molar-refractivity contribution in [2.45, 2.75) is 29.8 Å². The van der Waals surface area contributed by atoms with Gasteiger partial charge in [-0.1, -0.05) is 23.2 Å². The van der Waals surface area contributed by atoms with E-state index in [2.05, 4.69) is 9.97 Å². The van der Waals surface area contributed by atoms with Gasteiger partial charge in [0.2, 0.25) is 0 Å².